The van der Waals surface area contributed by atoms with Crippen LogP contribution in [0.2, 0.25) is 0 Å². The third-order valence-electron chi connectivity index (χ3n) is 6.13. The first-order valence-corrected chi connectivity index (χ1v) is 12.4. The van der Waals surface area contributed by atoms with Gasteiger partial charge < -0.3 is 9.80 Å². The number of hydrogen-bond donors (Lipinski definition) is 0. The van der Waals surface area contributed by atoms with E-state index in [1.54, 1.807) is 18.3 Å². The molecule has 0 bridgehead atoms. The molecule has 2 aliphatic rings. The molecule has 1 aromatic carbocycles. The Morgan fingerprint density at radius 1 is 1.13 bits per heavy atom. The molecule has 0 N–H and O–H groups in total. The summed E-state index contributed by atoms with van der Waals surface area (Å²) in [6, 6.07) is 7.96. The average Bonchev–Trinajstić information content (AvgIpc) is 3.40. The third kappa shape index (κ3) is 5.05. The molecule has 9 heteroatoms. The average molecular weight is 448 g/mol. The summed E-state index contributed by atoms with van der Waals surface area (Å²) < 4.78 is 41.9. The van der Waals surface area contributed by atoms with Crippen molar-refractivity contribution in [1.29, 1.82) is 0 Å². The molecule has 1 aromatic heterocycles. The molecule has 31 heavy (non-hydrogen) atoms. The van der Waals surface area contributed by atoms with Crippen molar-refractivity contribution in [2.45, 2.75) is 24.5 Å². The molecular formula is C22H30FN5O2S. The molecule has 0 amide bonds. The van der Waals surface area contributed by atoms with Crippen molar-refractivity contribution in [3.05, 3.63) is 53.6 Å². The minimum Gasteiger partial charge on any atom is -0.341 e. The lowest BCUT2D eigenvalue weighted by molar-refractivity contribution is 0.315. The van der Waals surface area contributed by atoms with Crippen molar-refractivity contribution in [2.75, 3.05) is 51.7 Å². The molecule has 0 unspecified atom stereocenters. The molecule has 0 radical (unpaired) electrons. The monoisotopic (exact) mass is 447 g/mol. The highest BCUT2D eigenvalue weighted by molar-refractivity contribution is 7.88. The highest BCUT2D eigenvalue weighted by Crippen LogP contribution is 2.35. The highest BCUT2D eigenvalue weighted by atomic mass is 32.2. The second kappa shape index (κ2) is 9.18. The van der Waals surface area contributed by atoms with Crippen LogP contribution in [-0.4, -0.2) is 74.4 Å². The summed E-state index contributed by atoms with van der Waals surface area (Å²) in [5, 5.41) is 0. The van der Waals surface area contributed by atoms with E-state index in [9.17, 15) is 12.8 Å². The number of halogens is 1. The molecule has 168 valence electrons. The fourth-order valence-corrected chi connectivity index (χ4v) is 6.21. The number of rotatable bonds is 7. The van der Waals surface area contributed by atoms with Crippen molar-refractivity contribution in [2.24, 2.45) is 5.92 Å². The normalized spacial score (nSPS) is 22.5. The topological polar surface area (TPSA) is 69.6 Å². The van der Waals surface area contributed by atoms with Crippen molar-refractivity contribution in [3.63, 3.8) is 0 Å². The minimum atomic E-state index is -3.65. The Labute approximate surface area is 184 Å². The third-order valence-corrected chi connectivity index (χ3v) is 7.89. The maximum Gasteiger partial charge on any atom is 0.225 e. The van der Waals surface area contributed by atoms with Crippen LogP contribution in [0.4, 0.5) is 10.3 Å². The lowest BCUT2D eigenvalue weighted by Gasteiger charge is -2.22. The van der Waals surface area contributed by atoms with E-state index in [1.807, 2.05) is 20.2 Å². The Morgan fingerprint density at radius 3 is 2.58 bits per heavy atom. The number of sulfonamides is 1. The van der Waals surface area contributed by atoms with Gasteiger partial charge in [-0.15, -0.1) is 0 Å². The van der Waals surface area contributed by atoms with Gasteiger partial charge in [0.1, 0.15) is 5.82 Å². The SMILES string of the molecule is CN(C)C[C@@H]1CN(S(=O)(=O)Cc2ccccc2F)C[C@H]1c1ccnc(N2CCCC2)n1. The van der Waals surface area contributed by atoms with Crippen molar-refractivity contribution in [3.8, 4) is 0 Å². The first-order valence-electron chi connectivity index (χ1n) is 10.8. The molecule has 0 spiro atoms. The molecule has 7 nitrogen and oxygen atoms in total. The van der Waals surface area contributed by atoms with Crippen LogP contribution in [0.1, 0.15) is 30.0 Å². The quantitative estimate of drug-likeness (QED) is 0.649. The maximum atomic E-state index is 14.1. The van der Waals surface area contributed by atoms with E-state index in [0.29, 0.717) is 13.1 Å². The van der Waals surface area contributed by atoms with Gasteiger partial charge in [0.2, 0.25) is 16.0 Å². The lowest BCUT2D eigenvalue weighted by Crippen LogP contribution is -2.32. The number of nitrogens with zero attached hydrogens (tertiary/aromatic N) is 5. The van der Waals surface area contributed by atoms with E-state index in [1.165, 1.54) is 16.4 Å². The molecule has 2 atom stereocenters. The summed E-state index contributed by atoms with van der Waals surface area (Å²) >= 11 is 0. The van der Waals surface area contributed by atoms with Crippen molar-refractivity contribution >= 4 is 16.0 Å². The van der Waals surface area contributed by atoms with E-state index in [4.69, 9.17) is 4.98 Å². The zero-order valence-electron chi connectivity index (χ0n) is 18.1. The zero-order valence-corrected chi connectivity index (χ0v) is 18.9. The Bertz CT molecular complexity index is 1010. The fourth-order valence-electron chi connectivity index (χ4n) is 4.59. The van der Waals surface area contributed by atoms with Gasteiger partial charge in [-0.1, -0.05) is 18.2 Å². The van der Waals surface area contributed by atoms with Crippen LogP contribution in [0.5, 0.6) is 0 Å². The molecule has 0 saturated carbocycles. The second-order valence-electron chi connectivity index (χ2n) is 8.77. The largest absolute Gasteiger partial charge is 0.341 e. The number of anilines is 1. The molecule has 2 fully saturated rings. The Morgan fingerprint density at radius 2 is 1.87 bits per heavy atom. The van der Waals surface area contributed by atoms with E-state index >= 15 is 0 Å². The molecule has 2 aliphatic heterocycles. The molecule has 4 rings (SSSR count). The van der Waals surface area contributed by atoms with Crippen LogP contribution < -0.4 is 4.90 Å². The highest BCUT2D eigenvalue weighted by Gasteiger charge is 2.40. The van der Waals surface area contributed by atoms with Gasteiger partial charge in [-0.05, 0) is 45.0 Å². The summed E-state index contributed by atoms with van der Waals surface area (Å²) in [5.41, 5.74) is 1.08. The number of benzene rings is 1. The lowest BCUT2D eigenvalue weighted by atomic mass is 9.92. The molecule has 2 saturated heterocycles. The van der Waals surface area contributed by atoms with Crippen LogP contribution >= 0.6 is 0 Å². The molecular weight excluding hydrogens is 417 g/mol. The Balaban J connectivity index is 1.58. The fraction of sp³-hybridized carbons (Fsp3) is 0.545. The maximum absolute atomic E-state index is 14.1. The van der Waals surface area contributed by atoms with Gasteiger partial charge in [0, 0.05) is 50.4 Å². The van der Waals surface area contributed by atoms with E-state index in [2.05, 4.69) is 14.8 Å². The van der Waals surface area contributed by atoms with Crippen LogP contribution in [0.25, 0.3) is 0 Å². The van der Waals surface area contributed by atoms with E-state index in [-0.39, 0.29) is 23.2 Å². The molecule has 3 heterocycles. The van der Waals surface area contributed by atoms with Crippen molar-refractivity contribution in [1.82, 2.24) is 19.2 Å². The van der Waals surface area contributed by atoms with Gasteiger partial charge in [-0.3, -0.25) is 0 Å². The van der Waals surface area contributed by atoms with Gasteiger partial charge in [-0.25, -0.2) is 27.1 Å². The number of hydrogen-bond acceptors (Lipinski definition) is 6. The minimum absolute atomic E-state index is 0.0258. The van der Waals surface area contributed by atoms with Gasteiger partial charge in [0.15, 0.2) is 0 Å². The van der Waals surface area contributed by atoms with E-state index in [0.717, 1.165) is 44.1 Å². The summed E-state index contributed by atoms with van der Waals surface area (Å²) in [4.78, 5) is 13.5. The second-order valence-corrected chi connectivity index (χ2v) is 10.7. The Kier molecular flexibility index (Phi) is 6.55. The van der Waals surface area contributed by atoms with Gasteiger partial charge in [0.05, 0.1) is 11.4 Å². The standard InChI is InChI=1S/C22H30FN5O2S/c1-26(2)13-18-14-28(31(29,30)16-17-7-3-4-8-20(17)23)15-19(18)21-9-10-24-22(25-21)27-11-5-6-12-27/h3-4,7-10,18-19H,5-6,11-16H2,1-2H3/t18-,19-/m1/s1. The van der Waals surface area contributed by atoms with Crippen LogP contribution in [0.3, 0.4) is 0 Å². The molecule has 0 aliphatic carbocycles. The summed E-state index contributed by atoms with van der Waals surface area (Å²) in [6.07, 6.45) is 4.06. The van der Waals surface area contributed by atoms with Crippen LogP contribution in [0, 0.1) is 11.7 Å². The predicted octanol–water partition coefficient (Wildman–Crippen LogP) is 2.32. The number of aromatic nitrogens is 2. The summed E-state index contributed by atoms with van der Waals surface area (Å²) in [7, 11) is 0.329. The zero-order chi connectivity index (χ0) is 22.0. The van der Waals surface area contributed by atoms with E-state index < -0.39 is 15.8 Å². The van der Waals surface area contributed by atoms with Crippen LogP contribution in [-0.2, 0) is 15.8 Å². The summed E-state index contributed by atoms with van der Waals surface area (Å²) in [5.74, 6) is -0.0120. The summed E-state index contributed by atoms with van der Waals surface area (Å²) in [6.45, 7) is 3.42. The van der Waals surface area contributed by atoms with Gasteiger partial charge >= 0.3 is 0 Å². The first kappa shape index (κ1) is 22.1. The first-order chi connectivity index (χ1) is 14.8. The van der Waals surface area contributed by atoms with Crippen LogP contribution in [0.15, 0.2) is 36.5 Å². The Hall–Kier alpha value is -2.10. The van der Waals surface area contributed by atoms with Gasteiger partial charge in [0.25, 0.3) is 0 Å². The van der Waals surface area contributed by atoms with Crippen molar-refractivity contribution < 1.29 is 12.8 Å². The predicted molar refractivity (Wildman–Crippen MR) is 119 cm³/mol. The molecule has 2 aromatic rings. The smallest absolute Gasteiger partial charge is 0.225 e. The van der Waals surface area contributed by atoms with Gasteiger partial charge in [-0.2, -0.15) is 0 Å².